The normalized spacial score (nSPS) is 20.9. The van der Waals surface area contributed by atoms with Crippen LogP contribution in [0.25, 0.3) is 0 Å². The van der Waals surface area contributed by atoms with Crippen molar-refractivity contribution in [1.29, 1.82) is 5.26 Å². The van der Waals surface area contributed by atoms with Gasteiger partial charge in [0, 0.05) is 19.2 Å². The van der Waals surface area contributed by atoms with Crippen molar-refractivity contribution < 1.29 is 19.0 Å². The van der Waals surface area contributed by atoms with Crippen LogP contribution >= 0.6 is 0 Å². The van der Waals surface area contributed by atoms with Gasteiger partial charge in [-0.15, -0.1) is 0 Å². The first-order chi connectivity index (χ1) is 9.19. The molecule has 1 aromatic rings. The van der Waals surface area contributed by atoms with E-state index >= 15 is 0 Å². The number of benzene rings is 1. The van der Waals surface area contributed by atoms with E-state index in [9.17, 15) is 4.79 Å². The number of carbonyl (C=O) groups excluding carboxylic acids is 1. The number of nitriles is 1. The van der Waals surface area contributed by atoms with Crippen LogP contribution in [0.15, 0.2) is 12.1 Å². The molecule has 0 bridgehead atoms. The summed E-state index contributed by atoms with van der Waals surface area (Å²) in [6, 6.07) is 5.38. The van der Waals surface area contributed by atoms with Crippen molar-refractivity contribution in [2.24, 2.45) is 0 Å². The molecule has 0 radical (unpaired) electrons. The minimum atomic E-state index is -0.627. The van der Waals surface area contributed by atoms with Gasteiger partial charge >= 0.3 is 0 Å². The molecular formula is C13H12N2O4. The zero-order valence-electron chi connectivity index (χ0n) is 10.4. The van der Waals surface area contributed by atoms with Crippen LogP contribution in [0, 0.1) is 11.3 Å². The molecule has 98 valence electrons. The van der Waals surface area contributed by atoms with Crippen LogP contribution in [0.4, 0.5) is 5.69 Å². The quantitative estimate of drug-likeness (QED) is 0.698. The second kappa shape index (κ2) is 4.35. The van der Waals surface area contributed by atoms with E-state index in [4.69, 9.17) is 19.5 Å². The number of hydrogen-bond donors (Lipinski definition) is 0. The first kappa shape index (κ1) is 11.7. The average Bonchev–Trinajstić information content (AvgIpc) is 2.57. The summed E-state index contributed by atoms with van der Waals surface area (Å²) in [5, 5.41) is 8.85. The van der Waals surface area contributed by atoms with Crippen molar-refractivity contribution in [2.45, 2.75) is 12.5 Å². The molecule has 6 nitrogen and oxygen atoms in total. The molecule has 2 heterocycles. The summed E-state index contributed by atoms with van der Waals surface area (Å²) in [7, 11) is 1.69. The Morgan fingerprint density at radius 1 is 1.32 bits per heavy atom. The number of hydrogen-bond acceptors (Lipinski definition) is 5. The van der Waals surface area contributed by atoms with Crippen molar-refractivity contribution in [1.82, 2.24) is 0 Å². The number of nitrogens with zero attached hydrogens (tertiary/aromatic N) is 2. The number of ether oxygens (including phenoxy) is 3. The van der Waals surface area contributed by atoms with Crippen molar-refractivity contribution in [3.8, 4) is 23.3 Å². The molecule has 19 heavy (non-hydrogen) atoms. The highest BCUT2D eigenvalue weighted by atomic mass is 16.6. The first-order valence-corrected chi connectivity index (χ1v) is 5.95. The monoisotopic (exact) mass is 260 g/mol. The molecule has 6 heteroatoms. The Labute approximate surface area is 110 Å². The third kappa shape index (κ3) is 1.93. The number of rotatable bonds is 0. The van der Waals surface area contributed by atoms with Crippen molar-refractivity contribution in [2.75, 3.05) is 25.2 Å². The summed E-state index contributed by atoms with van der Waals surface area (Å²) in [6.45, 7) is 0.535. The van der Waals surface area contributed by atoms with E-state index < -0.39 is 6.10 Å². The fourth-order valence-corrected chi connectivity index (χ4v) is 2.08. The molecule has 0 aromatic heterocycles. The maximum absolute atomic E-state index is 11.8. The van der Waals surface area contributed by atoms with Crippen LogP contribution in [0.2, 0.25) is 0 Å². The molecule has 1 unspecified atom stereocenters. The summed E-state index contributed by atoms with van der Waals surface area (Å²) in [4.78, 5) is 13.3. The van der Waals surface area contributed by atoms with Crippen molar-refractivity contribution in [3.63, 3.8) is 0 Å². The van der Waals surface area contributed by atoms with E-state index in [1.54, 1.807) is 19.2 Å². The highest BCUT2D eigenvalue weighted by Crippen LogP contribution is 2.42. The number of fused-ring (bicyclic) bond motifs is 2. The molecular weight excluding hydrogens is 248 g/mol. The Hall–Kier alpha value is -2.42. The summed E-state index contributed by atoms with van der Waals surface area (Å²) in [5.74, 6) is 1.56. The summed E-state index contributed by atoms with van der Waals surface area (Å²) >= 11 is 0. The third-order valence-electron chi connectivity index (χ3n) is 3.14. The van der Waals surface area contributed by atoms with Gasteiger partial charge in [0.2, 0.25) is 12.0 Å². The fourth-order valence-electron chi connectivity index (χ4n) is 2.08. The smallest absolute Gasteiger partial charge is 0.230 e. The zero-order chi connectivity index (χ0) is 13.4. The number of anilines is 1. The second-order valence-electron chi connectivity index (χ2n) is 4.36. The van der Waals surface area contributed by atoms with Crippen LogP contribution in [0.3, 0.4) is 0 Å². The molecule has 0 fully saturated rings. The minimum Gasteiger partial charge on any atom is -0.491 e. The molecule has 0 aliphatic carbocycles. The average molecular weight is 260 g/mol. The molecule has 1 amide bonds. The SMILES string of the molecule is CN1C(=O)CCOc2cc3c(cc21)OC(C#N)CO3. The molecule has 0 spiro atoms. The maximum atomic E-state index is 11.8. The van der Waals surface area contributed by atoms with E-state index in [0.717, 1.165) is 0 Å². The standard InChI is InChI=1S/C13H12N2O4/c1-15-9-4-12-11(18-7-8(6-14)19-12)5-10(9)17-3-2-13(15)16/h4-5,8H,2-3,7H2,1H3. The van der Waals surface area contributed by atoms with Crippen LogP contribution in [0.5, 0.6) is 17.2 Å². The predicted octanol–water partition coefficient (Wildman–Crippen LogP) is 1.10. The van der Waals surface area contributed by atoms with Gasteiger partial charge in [-0.05, 0) is 0 Å². The molecule has 0 saturated heterocycles. The van der Waals surface area contributed by atoms with Crippen molar-refractivity contribution in [3.05, 3.63) is 12.1 Å². The van der Waals surface area contributed by atoms with Gasteiger partial charge in [-0.2, -0.15) is 5.26 Å². The lowest BCUT2D eigenvalue weighted by Crippen LogP contribution is -2.28. The highest BCUT2D eigenvalue weighted by molar-refractivity contribution is 5.95. The van der Waals surface area contributed by atoms with Gasteiger partial charge < -0.3 is 19.1 Å². The molecule has 2 aliphatic rings. The predicted molar refractivity (Wildman–Crippen MR) is 65.5 cm³/mol. The molecule has 3 rings (SSSR count). The van der Waals surface area contributed by atoms with Crippen molar-refractivity contribution >= 4 is 11.6 Å². The van der Waals surface area contributed by atoms with Gasteiger partial charge in [-0.25, -0.2) is 0 Å². The maximum Gasteiger partial charge on any atom is 0.230 e. The minimum absolute atomic E-state index is 0.0211. The Morgan fingerprint density at radius 3 is 2.95 bits per heavy atom. The molecule has 0 N–H and O–H groups in total. The van der Waals surface area contributed by atoms with E-state index in [0.29, 0.717) is 36.0 Å². The molecule has 2 aliphatic heterocycles. The van der Waals surface area contributed by atoms with Gasteiger partial charge in [0.1, 0.15) is 18.4 Å². The lowest BCUT2D eigenvalue weighted by atomic mass is 10.2. The summed E-state index contributed by atoms with van der Waals surface area (Å²) < 4.78 is 16.5. The van der Waals surface area contributed by atoms with Crippen LogP contribution < -0.4 is 19.1 Å². The lowest BCUT2D eigenvalue weighted by molar-refractivity contribution is -0.118. The Bertz CT molecular complexity index is 579. The molecule has 1 aromatic carbocycles. The van der Waals surface area contributed by atoms with Gasteiger partial charge in [-0.3, -0.25) is 4.79 Å². The van der Waals surface area contributed by atoms with Crippen LogP contribution in [-0.4, -0.2) is 32.3 Å². The topological polar surface area (TPSA) is 71.8 Å². The van der Waals surface area contributed by atoms with Crippen LogP contribution in [-0.2, 0) is 4.79 Å². The van der Waals surface area contributed by atoms with Gasteiger partial charge in [0.25, 0.3) is 0 Å². The van der Waals surface area contributed by atoms with Gasteiger partial charge in [0.15, 0.2) is 11.5 Å². The second-order valence-corrected chi connectivity index (χ2v) is 4.36. The summed E-state index contributed by atoms with van der Waals surface area (Å²) in [6.07, 6.45) is -0.295. The summed E-state index contributed by atoms with van der Waals surface area (Å²) in [5.41, 5.74) is 0.628. The van der Waals surface area contributed by atoms with Crippen LogP contribution in [0.1, 0.15) is 6.42 Å². The Kier molecular flexibility index (Phi) is 2.67. The lowest BCUT2D eigenvalue weighted by Gasteiger charge is -2.25. The fraction of sp³-hybridized carbons (Fsp3) is 0.385. The third-order valence-corrected chi connectivity index (χ3v) is 3.14. The van der Waals surface area contributed by atoms with Gasteiger partial charge in [-0.1, -0.05) is 0 Å². The Balaban J connectivity index is 2.04. The largest absolute Gasteiger partial charge is 0.491 e. The number of carbonyl (C=O) groups is 1. The van der Waals surface area contributed by atoms with E-state index in [1.165, 1.54) is 4.90 Å². The van der Waals surface area contributed by atoms with Gasteiger partial charge in [0.05, 0.1) is 18.7 Å². The van der Waals surface area contributed by atoms with E-state index in [2.05, 4.69) is 0 Å². The zero-order valence-corrected chi connectivity index (χ0v) is 10.4. The van der Waals surface area contributed by atoms with E-state index in [-0.39, 0.29) is 12.5 Å². The molecule has 1 atom stereocenters. The first-order valence-electron chi connectivity index (χ1n) is 5.95. The number of amides is 1. The van der Waals surface area contributed by atoms with E-state index in [1.807, 2.05) is 6.07 Å². The Morgan fingerprint density at radius 2 is 2.16 bits per heavy atom. The molecule has 0 saturated carbocycles. The highest BCUT2D eigenvalue weighted by Gasteiger charge is 2.27.